The van der Waals surface area contributed by atoms with Crippen molar-refractivity contribution in [1.82, 2.24) is 10.6 Å². The highest BCUT2D eigenvalue weighted by atomic mass is 16.2. The first-order chi connectivity index (χ1) is 8.93. The molecule has 0 aliphatic carbocycles. The second-order valence-electron chi connectivity index (χ2n) is 4.75. The van der Waals surface area contributed by atoms with Gasteiger partial charge in [0.25, 0.3) is 0 Å². The van der Waals surface area contributed by atoms with Crippen LogP contribution in [0.25, 0.3) is 0 Å². The maximum Gasteiger partial charge on any atom is 0.242 e. The SMILES string of the molecule is CCc1ccc(C(C)NC(=O)C(C)NC(C)=O)cc1. The number of carbonyl (C=O) groups excluding carboxylic acids is 2. The van der Waals surface area contributed by atoms with Gasteiger partial charge in [-0.15, -0.1) is 0 Å². The number of hydrogen-bond donors (Lipinski definition) is 2. The standard InChI is InChI=1S/C15H22N2O2/c1-5-13-6-8-14(9-7-13)10(2)17-15(19)11(3)16-12(4)18/h6-11H,5H2,1-4H3,(H,16,18)(H,17,19). The molecule has 2 atom stereocenters. The van der Waals surface area contributed by atoms with Gasteiger partial charge in [0.15, 0.2) is 0 Å². The third-order valence-corrected chi connectivity index (χ3v) is 3.06. The Balaban J connectivity index is 2.60. The van der Waals surface area contributed by atoms with E-state index >= 15 is 0 Å². The highest BCUT2D eigenvalue weighted by molar-refractivity contribution is 5.86. The zero-order valence-electron chi connectivity index (χ0n) is 12.0. The van der Waals surface area contributed by atoms with Gasteiger partial charge in [0, 0.05) is 6.92 Å². The fraction of sp³-hybridized carbons (Fsp3) is 0.467. The minimum Gasteiger partial charge on any atom is -0.348 e. The van der Waals surface area contributed by atoms with Crippen LogP contribution in [-0.4, -0.2) is 17.9 Å². The Bertz CT molecular complexity index is 440. The molecule has 104 valence electrons. The van der Waals surface area contributed by atoms with Crippen LogP contribution in [0.5, 0.6) is 0 Å². The molecule has 0 heterocycles. The number of hydrogen-bond acceptors (Lipinski definition) is 2. The van der Waals surface area contributed by atoms with E-state index in [9.17, 15) is 9.59 Å². The summed E-state index contributed by atoms with van der Waals surface area (Å²) in [5.74, 6) is -0.384. The summed E-state index contributed by atoms with van der Waals surface area (Å²) in [7, 11) is 0. The molecule has 0 aliphatic heterocycles. The van der Waals surface area contributed by atoms with Crippen LogP contribution in [0.15, 0.2) is 24.3 Å². The zero-order valence-corrected chi connectivity index (χ0v) is 12.0. The molecule has 0 bridgehead atoms. The van der Waals surface area contributed by atoms with E-state index in [1.807, 2.05) is 19.1 Å². The molecule has 0 fully saturated rings. The Morgan fingerprint density at radius 3 is 2.16 bits per heavy atom. The Morgan fingerprint density at radius 2 is 1.68 bits per heavy atom. The van der Waals surface area contributed by atoms with Crippen molar-refractivity contribution in [2.24, 2.45) is 0 Å². The number of amides is 2. The predicted molar refractivity (Wildman–Crippen MR) is 75.7 cm³/mol. The molecule has 0 radical (unpaired) electrons. The molecule has 0 aliphatic rings. The van der Waals surface area contributed by atoms with Crippen molar-refractivity contribution >= 4 is 11.8 Å². The monoisotopic (exact) mass is 262 g/mol. The van der Waals surface area contributed by atoms with E-state index in [-0.39, 0.29) is 17.9 Å². The lowest BCUT2D eigenvalue weighted by Crippen LogP contribution is -2.44. The average Bonchev–Trinajstić information content (AvgIpc) is 2.37. The van der Waals surface area contributed by atoms with Gasteiger partial charge in [0.05, 0.1) is 6.04 Å². The first kappa shape index (κ1) is 15.2. The number of nitrogens with one attached hydrogen (secondary N) is 2. The Kier molecular flexibility index (Phi) is 5.55. The molecular weight excluding hydrogens is 240 g/mol. The summed E-state index contributed by atoms with van der Waals surface area (Å²) in [6.45, 7) is 7.11. The van der Waals surface area contributed by atoms with Gasteiger partial charge in [-0.25, -0.2) is 0 Å². The lowest BCUT2D eigenvalue weighted by atomic mass is 10.0. The van der Waals surface area contributed by atoms with Crippen molar-refractivity contribution in [2.75, 3.05) is 0 Å². The minimum absolute atomic E-state index is 0.0744. The summed E-state index contributed by atoms with van der Waals surface area (Å²) in [6.07, 6.45) is 1.00. The van der Waals surface area contributed by atoms with Crippen molar-refractivity contribution in [1.29, 1.82) is 0 Å². The molecule has 1 rings (SSSR count). The Morgan fingerprint density at radius 1 is 1.11 bits per heavy atom. The number of benzene rings is 1. The molecule has 0 saturated carbocycles. The summed E-state index contributed by atoms with van der Waals surface area (Å²) in [6, 6.07) is 7.58. The molecule has 2 amide bonds. The number of carbonyl (C=O) groups is 2. The molecule has 2 N–H and O–H groups in total. The Labute approximate surface area is 114 Å². The van der Waals surface area contributed by atoms with Crippen LogP contribution in [0.1, 0.15) is 44.9 Å². The van der Waals surface area contributed by atoms with Crippen LogP contribution < -0.4 is 10.6 Å². The highest BCUT2D eigenvalue weighted by Crippen LogP contribution is 2.13. The van der Waals surface area contributed by atoms with Crippen LogP contribution in [0.4, 0.5) is 0 Å². The average molecular weight is 262 g/mol. The lowest BCUT2D eigenvalue weighted by molar-refractivity contribution is -0.128. The van der Waals surface area contributed by atoms with Crippen LogP contribution >= 0.6 is 0 Å². The zero-order chi connectivity index (χ0) is 14.4. The number of aryl methyl sites for hydroxylation is 1. The highest BCUT2D eigenvalue weighted by Gasteiger charge is 2.16. The summed E-state index contributed by atoms with van der Waals surface area (Å²) >= 11 is 0. The second kappa shape index (κ2) is 6.92. The summed E-state index contributed by atoms with van der Waals surface area (Å²) in [5, 5.41) is 5.45. The molecule has 19 heavy (non-hydrogen) atoms. The van der Waals surface area contributed by atoms with E-state index in [1.165, 1.54) is 12.5 Å². The third kappa shape index (κ3) is 4.73. The largest absolute Gasteiger partial charge is 0.348 e. The maximum absolute atomic E-state index is 11.9. The first-order valence-electron chi connectivity index (χ1n) is 6.60. The van der Waals surface area contributed by atoms with E-state index < -0.39 is 6.04 Å². The fourth-order valence-electron chi connectivity index (χ4n) is 1.83. The van der Waals surface area contributed by atoms with Gasteiger partial charge < -0.3 is 10.6 Å². The van der Waals surface area contributed by atoms with Crippen molar-refractivity contribution in [2.45, 2.75) is 46.2 Å². The molecule has 0 aromatic heterocycles. The van der Waals surface area contributed by atoms with Gasteiger partial charge in [-0.1, -0.05) is 31.2 Å². The summed E-state index contributed by atoms with van der Waals surface area (Å²) in [5.41, 5.74) is 2.33. The van der Waals surface area contributed by atoms with Gasteiger partial charge in [-0.3, -0.25) is 9.59 Å². The van der Waals surface area contributed by atoms with Crippen molar-refractivity contribution in [3.05, 3.63) is 35.4 Å². The maximum atomic E-state index is 11.9. The van der Waals surface area contributed by atoms with E-state index in [4.69, 9.17) is 0 Å². The van der Waals surface area contributed by atoms with Gasteiger partial charge in [0.1, 0.15) is 6.04 Å². The van der Waals surface area contributed by atoms with E-state index in [0.717, 1.165) is 12.0 Å². The predicted octanol–water partition coefficient (Wildman–Crippen LogP) is 1.95. The third-order valence-electron chi connectivity index (χ3n) is 3.06. The summed E-state index contributed by atoms with van der Waals surface area (Å²) < 4.78 is 0. The lowest BCUT2D eigenvalue weighted by Gasteiger charge is -2.18. The van der Waals surface area contributed by atoms with Crippen LogP contribution in [0.2, 0.25) is 0 Å². The number of rotatable bonds is 5. The molecule has 1 aromatic rings. The second-order valence-corrected chi connectivity index (χ2v) is 4.75. The minimum atomic E-state index is -0.519. The molecule has 4 heteroatoms. The smallest absolute Gasteiger partial charge is 0.242 e. The normalized spacial score (nSPS) is 13.5. The molecule has 1 aromatic carbocycles. The van der Waals surface area contributed by atoms with Gasteiger partial charge >= 0.3 is 0 Å². The van der Waals surface area contributed by atoms with Crippen molar-refractivity contribution in [3.8, 4) is 0 Å². The van der Waals surface area contributed by atoms with Crippen LogP contribution in [0.3, 0.4) is 0 Å². The van der Waals surface area contributed by atoms with Crippen molar-refractivity contribution < 1.29 is 9.59 Å². The van der Waals surface area contributed by atoms with Crippen LogP contribution in [0, 0.1) is 0 Å². The molecule has 4 nitrogen and oxygen atoms in total. The first-order valence-corrected chi connectivity index (χ1v) is 6.60. The fourth-order valence-corrected chi connectivity index (χ4v) is 1.83. The van der Waals surface area contributed by atoms with Gasteiger partial charge in [-0.05, 0) is 31.4 Å². The van der Waals surface area contributed by atoms with E-state index in [1.54, 1.807) is 6.92 Å². The van der Waals surface area contributed by atoms with Gasteiger partial charge in [0.2, 0.25) is 11.8 Å². The molecule has 0 saturated heterocycles. The van der Waals surface area contributed by atoms with Crippen LogP contribution in [-0.2, 0) is 16.0 Å². The topological polar surface area (TPSA) is 58.2 Å². The Hall–Kier alpha value is -1.84. The summed E-state index contributed by atoms with van der Waals surface area (Å²) in [4.78, 5) is 22.8. The van der Waals surface area contributed by atoms with Crippen molar-refractivity contribution in [3.63, 3.8) is 0 Å². The van der Waals surface area contributed by atoms with E-state index in [0.29, 0.717) is 0 Å². The molecular formula is C15H22N2O2. The quantitative estimate of drug-likeness (QED) is 0.852. The van der Waals surface area contributed by atoms with Gasteiger partial charge in [-0.2, -0.15) is 0 Å². The van der Waals surface area contributed by atoms with E-state index in [2.05, 4.69) is 29.7 Å². The molecule has 2 unspecified atom stereocenters. The molecule has 0 spiro atoms.